The van der Waals surface area contributed by atoms with E-state index in [0.717, 1.165) is 44.3 Å². The van der Waals surface area contributed by atoms with Crippen LogP contribution >= 0.6 is 0 Å². The molecule has 17 heavy (non-hydrogen) atoms. The summed E-state index contributed by atoms with van der Waals surface area (Å²) < 4.78 is 0. The smallest absolute Gasteiger partial charge is 0.0898 e. The fraction of sp³-hybridized carbons (Fsp3) is 0.643. The molecule has 1 aromatic rings. The van der Waals surface area contributed by atoms with Gasteiger partial charge in [-0.2, -0.15) is 0 Å². The second-order valence-electron chi connectivity index (χ2n) is 5.69. The van der Waals surface area contributed by atoms with Gasteiger partial charge in [0.25, 0.3) is 0 Å². The number of pyridine rings is 1. The van der Waals surface area contributed by atoms with Crippen LogP contribution in [0.3, 0.4) is 0 Å². The Morgan fingerprint density at radius 3 is 2.35 bits per heavy atom. The maximum absolute atomic E-state index is 10.7. The van der Waals surface area contributed by atoms with Crippen molar-refractivity contribution >= 4 is 0 Å². The zero-order chi connectivity index (χ0) is 11.8. The summed E-state index contributed by atoms with van der Waals surface area (Å²) in [6.07, 6.45) is 8.87. The molecule has 3 rings (SSSR count). The maximum atomic E-state index is 10.7. The molecule has 1 spiro atoms. The van der Waals surface area contributed by atoms with E-state index in [1.54, 1.807) is 12.4 Å². The summed E-state index contributed by atoms with van der Waals surface area (Å²) in [5, 5.41) is 14.2. The van der Waals surface area contributed by atoms with Crippen molar-refractivity contribution in [3.8, 4) is 0 Å². The van der Waals surface area contributed by atoms with E-state index in [1.165, 1.54) is 6.42 Å². The number of hydrogen-bond acceptors (Lipinski definition) is 3. The third-order valence-electron chi connectivity index (χ3n) is 4.69. The van der Waals surface area contributed by atoms with E-state index in [-0.39, 0.29) is 0 Å². The minimum atomic E-state index is -0.614. The highest BCUT2D eigenvalue weighted by atomic mass is 16.3. The Kier molecular flexibility index (Phi) is 2.68. The van der Waals surface area contributed by atoms with E-state index < -0.39 is 5.60 Å². The summed E-state index contributed by atoms with van der Waals surface area (Å²) in [5.41, 5.74) is 0.893. The van der Waals surface area contributed by atoms with Gasteiger partial charge in [0.1, 0.15) is 0 Å². The topological polar surface area (TPSA) is 45.2 Å². The van der Waals surface area contributed by atoms with Gasteiger partial charge in [0.05, 0.1) is 5.60 Å². The fourth-order valence-corrected chi connectivity index (χ4v) is 3.37. The maximum Gasteiger partial charge on any atom is 0.0898 e. The van der Waals surface area contributed by atoms with Crippen molar-refractivity contribution in [2.24, 2.45) is 5.41 Å². The number of aromatic nitrogens is 1. The Labute approximate surface area is 102 Å². The average Bonchev–Trinajstić information content (AvgIpc) is 2.84. The first-order valence-corrected chi connectivity index (χ1v) is 6.56. The van der Waals surface area contributed by atoms with Crippen molar-refractivity contribution in [2.45, 2.75) is 37.7 Å². The van der Waals surface area contributed by atoms with Gasteiger partial charge < -0.3 is 10.4 Å². The van der Waals surface area contributed by atoms with Crippen molar-refractivity contribution in [1.82, 2.24) is 10.3 Å². The highest BCUT2D eigenvalue weighted by Gasteiger charge is 2.43. The Balaban J connectivity index is 1.75. The van der Waals surface area contributed by atoms with E-state index in [4.69, 9.17) is 0 Å². The number of aliphatic hydroxyl groups is 1. The predicted octanol–water partition coefficient (Wildman–Crippen LogP) is 1.82. The average molecular weight is 232 g/mol. The van der Waals surface area contributed by atoms with Crippen LogP contribution in [-0.2, 0) is 5.60 Å². The van der Waals surface area contributed by atoms with Gasteiger partial charge in [-0.05, 0) is 61.8 Å². The largest absolute Gasteiger partial charge is 0.385 e. The molecule has 1 saturated heterocycles. The third-order valence-corrected chi connectivity index (χ3v) is 4.69. The monoisotopic (exact) mass is 232 g/mol. The van der Waals surface area contributed by atoms with Crippen molar-refractivity contribution in [1.29, 1.82) is 0 Å². The van der Waals surface area contributed by atoms with E-state index in [0.29, 0.717) is 5.41 Å². The molecule has 0 atom stereocenters. The number of rotatable bonds is 1. The van der Waals surface area contributed by atoms with Crippen LogP contribution < -0.4 is 5.32 Å². The molecule has 3 nitrogen and oxygen atoms in total. The molecule has 1 aromatic heterocycles. The minimum Gasteiger partial charge on any atom is -0.385 e. The SMILES string of the molecule is OC1(c2ccncc2)CCC2(CCNC2)CC1. The van der Waals surface area contributed by atoms with E-state index in [9.17, 15) is 5.11 Å². The van der Waals surface area contributed by atoms with Gasteiger partial charge in [-0.25, -0.2) is 0 Å². The van der Waals surface area contributed by atoms with E-state index in [2.05, 4.69) is 10.3 Å². The second kappa shape index (κ2) is 4.07. The molecule has 2 heterocycles. The van der Waals surface area contributed by atoms with Gasteiger partial charge in [-0.3, -0.25) is 4.98 Å². The first-order chi connectivity index (χ1) is 8.23. The summed E-state index contributed by atoms with van der Waals surface area (Å²) in [6, 6.07) is 3.90. The molecule has 0 amide bonds. The molecule has 3 heteroatoms. The molecule has 0 aromatic carbocycles. The molecule has 1 aliphatic carbocycles. The number of nitrogens with one attached hydrogen (secondary N) is 1. The van der Waals surface area contributed by atoms with E-state index in [1.807, 2.05) is 12.1 Å². The van der Waals surface area contributed by atoms with Crippen LogP contribution in [-0.4, -0.2) is 23.2 Å². The van der Waals surface area contributed by atoms with Gasteiger partial charge in [0.15, 0.2) is 0 Å². The molecular weight excluding hydrogens is 212 g/mol. The zero-order valence-electron chi connectivity index (χ0n) is 10.2. The lowest BCUT2D eigenvalue weighted by molar-refractivity contribution is -0.0344. The molecule has 1 saturated carbocycles. The summed E-state index contributed by atoms with van der Waals surface area (Å²) in [4.78, 5) is 4.02. The van der Waals surface area contributed by atoms with Gasteiger partial charge in [-0.15, -0.1) is 0 Å². The molecule has 92 valence electrons. The Morgan fingerprint density at radius 1 is 1.06 bits per heavy atom. The number of hydrogen-bond donors (Lipinski definition) is 2. The predicted molar refractivity (Wildman–Crippen MR) is 66.5 cm³/mol. The molecule has 1 aliphatic heterocycles. The van der Waals surface area contributed by atoms with Gasteiger partial charge >= 0.3 is 0 Å². The first kappa shape index (κ1) is 11.2. The Hall–Kier alpha value is -0.930. The van der Waals surface area contributed by atoms with Crippen molar-refractivity contribution < 1.29 is 5.11 Å². The van der Waals surface area contributed by atoms with Gasteiger partial charge in [0.2, 0.25) is 0 Å². The normalized spacial score (nSPS) is 37.5. The first-order valence-electron chi connectivity index (χ1n) is 6.56. The van der Waals surface area contributed by atoms with E-state index >= 15 is 0 Å². The zero-order valence-corrected chi connectivity index (χ0v) is 10.2. The minimum absolute atomic E-state index is 0.471. The highest BCUT2D eigenvalue weighted by Crippen LogP contribution is 2.48. The highest BCUT2D eigenvalue weighted by molar-refractivity contribution is 5.20. The van der Waals surface area contributed by atoms with Gasteiger partial charge in [-0.1, -0.05) is 0 Å². The van der Waals surface area contributed by atoms with Crippen LogP contribution in [0.15, 0.2) is 24.5 Å². The summed E-state index contributed by atoms with van der Waals surface area (Å²) in [6.45, 7) is 2.28. The third kappa shape index (κ3) is 1.98. The standard InChI is InChI=1S/C14H20N2O/c17-14(12-1-8-15-9-2-12)5-3-13(4-6-14)7-10-16-11-13/h1-2,8-9,16-17H,3-7,10-11H2. The Morgan fingerprint density at radius 2 is 1.76 bits per heavy atom. The molecule has 2 N–H and O–H groups in total. The quantitative estimate of drug-likeness (QED) is 0.776. The van der Waals surface area contributed by atoms with Crippen molar-refractivity contribution in [3.63, 3.8) is 0 Å². The molecule has 0 bridgehead atoms. The lowest BCUT2D eigenvalue weighted by atomic mass is 9.66. The van der Waals surface area contributed by atoms with Gasteiger partial charge in [0, 0.05) is 18.9 Å². The van der Waals surface area contributed by atoms with Crippen molar-refractivity contribution in [2.75, 3.05) is 13.1 Å². The molecule has 0 unspecified atom stereocenters. The van der Waals surface area contributed by atoms with Crippen LogP contribution in [0.4, 0.5) is 0 Å². The van der Waals surface area contributed by atoms with Crippen LogP contribution in [0, 0.1) is 5.41 Å². The molecule has 0 radical (unpaired) electrons. The van der Waals surface area contributed by atoms with Crippen molar-refractivity contribution in [3.05, 3.63) is 30.1 Å². The summed E-state index contributed by atoms with van der Waals surface area (Å²) in [7, 11) is 0. The number of nitrogens with zero attached hydrogens (tertiary/aromatic N) is 1. The lowest BCUT2D eigenvalue weighted by Crippen LogP contribution is -2.38. The van der Waals surface area contributed by atoms with Crippen LogP contribution in [0.25, 0.3) is 0 Å². The van der Waals surface area contributed by atoms with Crippen LogP contribution in [0.5, 0.6) is 0 Å². The summed E-state index contributed by atoms with van der Waals surface area (Å²) >= 11 is 0. The molecule has 2 fully saturated rings. The van der Waals surface area contributed by atoms with Crippen LogP contribution in [0.2, 0.25) is 0 Å². The van der Waals surface area contributed by atoms with Crippen LogP contribution in [0.1, 0.15) is 37.7 Å². The fourth-order valence-electron chi connectivity index (χ4n) is 3.37. The molecule has 2 aliphatic rings. The lowest BCUT2D eigenvalue weighted by Gasteiger charge is -2.42. The molecular formula is C14H20N2O. The Bertz CT molecular complexity index is 374. The summed E-state index contributed by atoms with van der Waals surface area (Å²) in [5.74, 6) is 0. The second-order valence-corrected chi connectivity index (χ2v) is 5.69.